The number of benzene rings is 1. The first-order chi connectivity index (χ1) is 9.03. The SMILES string of the molecule is COc1nc(Br)cnc1NS(=O)(=O)c1ccccc1. The number of nitrogens with zero attached hydrogens (tertiary/aromatic N) is 2. The predicted octanol–water partition coefficient (Wildman–Crippen LogP) is 2.05. The van der Waals surface area contributed by atoms with Gasteiger partial charge in [0, 0.05) is 0 Å². The zero-order valence-corrected chi connectivity index (χ0v) is 12.3. The van der Waals surface area contributed by atoms with Gasteiger partial charge in [0.15, 0.2) is 0 Å². The molecule has 0 fully saturated rings. The highest BCUT2D eigenvalue weighted by Gasteiger charge is 2.18. The number of anilines is 1. The average Bonchev–Trinajstić information content (AvgIpc) is 2.41. The number of ether oxygens (including phenoxy) is 1. The van der Waals surface area contributed by atoms with Crippen molar-refractivity contribution < 1.29 is 13.2 Å². The second kappa shape index (κ2) is 5.54. The highest BCUT2D eigenvalue weighted by Crippen LogP contribution is 2.23. The zero-order chi connectivity index (χ0) is 13.9. The molecule has 100 valence electrons. The van der Waals surface area contributed by atoms with E-state index in [2.05, 4.69) is 30.6 Å². The molecule has 1 heterocycles. The van der Waals surface area contributed by atoms with E-state index in [0.29, 0.717) is 4.60 Å². The largest absolute Gasteiger partial charge is 0.478 e. The molecule has 2 aromatic rings. The first kappa shape index (κ1) is 13.8. The van der Waals surface area contributed by atoms with Gasteiger partial charge in [-0.15, -0.1) is 0 Å². The number of hydrogen-bond acceptors (Lipinski definition) is 5. The number of sulfonamides is 1. The lowest BCUT2D eigenvalue weighted by atomic mass is 10.4. The number of halogens is 1. The molecule has 0 aliphatic carbocycles. The Morgan fingerprint density at radius 2 is 1.95 bits per heavy atom. The molecule has 1 aromatic carbocycles. The quantitative estimate of drug-likeness (QED) is 0.918. The number of nitrogens with one attached hydrogen (secondary N) is 1. The first-order valence-electron chi connectivity index (χ1n) is 5.17. The second-order valence-corrected chi connectivity index (χ2v) is 5.96. The highest BCUT2D eigenvalue weighted by molar-refractivity contribution is 9.10. The van der Waals surface area contributed by atoms with E-state index in [1.165, 1.54) is 25.4 Å². The molecule has 8 heteroatoms. The molecule has 0 unspecified atom stereocenters. The molecule has 0 saturated heterocycles. The Morgan fingerprint density at radius 1 is 1.26 bits per heavy atom. The van der Waals surface area contributed by atoms with Gasteiger partial charge in [-0.05, 0) is 28.1 Å². The Morgan fingerprint density at radius 3 is 2.58 bits per heavy atom. The van der Waals surface area contributed by atoms with Gasteiger partial charge >= 0.3 is 0 Å². The van der Waals surface area contributed by atoms with Crippen LogP contribution in [0.4, 0.5) is 5.82 Å². The van der Waals surface area contributed by atoms with Gasteiger partial charge in [0.25, 0.3) is 15.9 Å². The van der Waals surface area contributed by atoms with Gasteiger partial charge in [0.2, 0.25) is 5.82 Å². The molecule has 0 bridgehead atoms. The zero-order valence-electron chi connectivity index (χ0n) is 9.87. The lowest BCUT2D eigenvalue weighted by Crippen LogP contribution is -2.15. The van der Waals surface area contributed by atoms with Crippen LogP contribution in [-0.4, -0.2) is 25.5 Å². The highest BCUT2D eigenvalue weighted by atomic mass is 79.9. The summed E-state index contributed by atoms with van der Waals surface area (Å²) < 4.78 is 32.0. The van der Waals surface area contributed by atoms with Gasteiger partial charge < -0.3 is 4.74 Å². The van der Waals surface area contributed by atoms with Gasteiger partial charge in [0.05, 0.1) is 18.2 Å². The summed E-state index contributed by atoms with van der Waals surface area (Å²) in [5.41, 5.74) is 0. The summed E-state index contributed by atoms with van der Waals surface area (Å²) in [6.45, 7) is 0. The Labute approximate surface area is 119 Å². The summed E-state index contributed by atoms with van der Waals surface area (Å²) >= 11 is 3.13. The van der Waals surface area contributed by atoms with Crippen molar-refractivity contribution in [2.45, 2.75) is 4.90 Å². The fourth-order valence-corrected chi connectivity index (χ4v) is 2.64. The Bertz CT molecular complexity index is 677. The fraction of sp³-hybridized carbons (Fsp3) is 0.0909. The minimum absolute atomic E-state index is 0.0366. The van der Waals surface area contributed by atoms with Crippen molar-refractivity contribution in [2.24, 2.45) is 0 Å². The minimum atomic E-state index is -3.71. The molecule has 0 spiro atoms. The van der Waals surface area contributed by atoms with E-state index < -0.39 is 10.0 Å². The maximum Gasteiger partial charge on any atom is 0.263 e. The van der Waals surface area contributed by atoms with Crippen molar-refractivity contribution in [3.05, 3.63) is 41.1 Å². The van der Waals surface area contributed by atoms with E-state index in [-0.39, 0.29) is 16.6 Å². The number of hydrogen-bond donors (Lipinski definition) is 1. The van der Waals surface area contributed by atoms with E-state index in [1.54, 1.807) is 18.2 Å². The summed E-state index contributed by atoms with van der Waals surface area (Å²) in [6, 6.07) is 7.99. The van der Waals surface area contributed by atoms with Gasteiger partial charge in [-0.1, -0.05) is 18.2 Å². The van der Waals surface area contributed by atoms with Crippen molar-refractivity contribution in [2.75, 3.05) is 11.8 Å². The Balaban J connectivity index is 2.36. The normalized spacial score (nSPS) is 11.1. The van der Waals surface area contributed by atoms with Crippen LogP contribution in [0.1, 0.15) is 0 Å². The molecular formula is C11H10BrN3O3S. The Hall–Kier alpha value is -1.67. The van der Waals surface area contributed by atoms with Crippen LogP contribution in [0.3, 0.4) is 0 Å². The topological polar surface area (TPSA) is 81.2 Å². The average molecular weight is 344 g/mol. The van der Waals surface area contributed by atoms with Gasteiger partial charge in [-0.25, -0.2) is 18.4 Å². The fourth-order valence-electron chi connectivity index (χ4n) is 1.35. The summed E-state index contributed by atoms with van der Waals surface area (Å²) in [5.74, 6) is 0.128. The summed E-state index contributed by atoms with van der Waals surface area (Å²) in [4.78, 5) is 8.05. The van der Waals surface area contributed by atoms with E-state index in [4.69, 9.17) is 4.74 Å². The molecule has 6 nitrogen and oxygen atoms in total. The van der Waals surface area contributed by atoms with Crippen molar-refractivity contribution in [3.8, 4) is 5.88 Å². The van der Waals surface area contributed by atoms with Gasteiger partial charge in [-0.3, -0.25) is 4.72 Å². The van der Waals surface area contributed by atoms with Crippen molar-refractivity contribution >= 4 is 31.8 Å². The summed E-state index contributed by atoms with van der Waals surface area (Å²) in [5, 5.41) is 0. The monoisotopic (exact) mass is 343 g/mol. The van der Waals surface area contributed by atoms with Crippen LogP contribution in [0.5, 0.6) is 5.88 Å². The maximum absolute atomic E-state index is 12.1. The molecule has 1 N–H and O–H groups in total. The van der Waals surface area contributed by atoms with Crippen LogP contribution in [0.15, 0.2) is 46.0 Å². The molecule has 0 aliphatic rings. The lowest BCUT2D eigenvalue weighted by molar-refractivity contribution is 0.397. The standard InChI is InChI=1S/C11H10BrN3O3S/c1-18-11-10(13-7-9(12)14-11)15-19(16,17)8-5-3-2-4-6-8/h2-7H,1H3,(H,13,15). The number of methoxy groups -OCH3 is 1. The van der Waals surface area contributed by atoms with Crippen molar-refractivity contribution in [1.82, 2.24) is 9.97 Å². The molecule has 2 rings (SSSR count). The molecule has 19 heavy (non-hydrogen) atoms. The van der Waals surface area contributed by atoms with E-state index >= 15 is 0 Å². The Kier molecular flexibility index (Phi) is 4.01. The third-order valence-electron chi connectivity index (χ3n) is 2.19. The third-order valence-corrected chi connectivity index (χ3v) is 3.93. The third kappa shape index (κ3) is 3.21. The van der Waals surface area contributed by atoms with Gasteiger partial charge in [0.1, 0.15) is 4.60 Å². The molecule has 0 amide bonds. The van der Waals surface area contributed by atoms with E-state index in [9.17, 15) is 8.42 Å². The molecule has 1 aromatic heterocycles. The molecule has 0 saturated carbocycles. The first-order valence-corrected chi connectivity index (χ1v) is 7.45. The van der Waals surface area contributed by atoms with Gasteiger partial charge in [-0.2, -0.15) is 0 Å². The maximum atomic E-state index is 12.1. The van der Waals surface area contributed by atoms with Crippen LogP contribution in [0.25, 0.3) is 0 Å². The second-order valence-electron chi connectivity index (χ2n) is 3.47. The molecule has 0 radical (unpaired) electrons. The van der Waals surface area contributed by atoms with E-state index in [0.717, 1.165) is 0 Å². The molecule has 0 aliphatic heterocycles. The van der Waals surface area contributed by atoms with Crippen LogP contribution >= 0.6 is 15.9 Å². The van der Waals surface area contributed by atoms with Crippen molar-refractivity contribution in [1.29, 1.82) is 0 Å². The number of rotatable bonds is 4. The molecule has 0 atom stereocenters. The van der Waals surface area contributed by atoms with E-state index in [1.807, 2.05) is 0 Å². The molecular weight excluding hydrogens is 334 g/mol. The van der Waals surface area contributed by atoms with Crippen LogP contribution in [-0.2, 0) is 10.0 Å². The summed E-state index contributed by atoms with van der Waals surface area (Å²) in [6.07, 6.45) is 1.38. The van der Waals surface area contributed by atoms with Crippen LogP contribution in [0.2, 0.25) is 0 Å². The van der Waals surface area contributed by atoms with Crippen LogP contribution in [0, 0.1) is 0 Å². The number of aromatic nitrogens is 2. The summed E-state index contributed by atoms with van der Waals surface area (Å²) in [7, 11) is -2.32. The lowest BCUT2D eigenvalue weighted by Gasteiger charge is -2.09. The van der Waals surface area contributed by atoms with Crippen molar-refractivity contribution in [3.63, 3.8) is 0 Å². The minimum Gasteiger partial charge on any atom is -0.478 e. The van der Waals surface area contributed by atoms with Crippen LogP contribution < -0.4 is 9.46 Å². The smallest absolute Gasteiger partial charge is 0.263 e. The predicted molar refractivity (Wildman–Crippen MR) is 73.5 cm³/mol.